The molecule has 0 aromatic heterocycles. The molecule has 162 valence electrons. The number of carbonyl (C=O) groups excluding carboxylic acids is 2. The van der Waals surface area contributed by atoms with Gasteiger partial charge in [-0.3, -0.25) is 9.59 Å². The van der Waals surface area contributed by atoms with E-state index in [2.05, 4.69) is 0 Å². The Bertz CT molecular complexity index is 996. The van der Waals surface area contributed by atoms with E-state index in [1.807, 2.05) is 43.3 Å². The van der Waals surface area contributed by atoms with Crippen LogP contribution in [0.15, 0.2) is 42.5 Å². The van der Waals surface area contributed by atoms with Crippen LogP contribution in [0.25, 0.3) is 0 Å². The monoisotopic (exact) mass is 422 g/mol. The van der Waals surface area contributed by atoms with Crippen molar-refractivity contribution in [2.75, 3.05) is 19.1 Å². The van der Waals surface area contributed by atoms with Crippen molar-refractivity contribution in [2.24, 2.45) is 5.92 Å². The van der Waals surface area contributed by atoms with Crippen LogP contribution in [0.5, 0.6) is 11.5 Å². The van der Waals surface area contributed by atoms with Crippen LogP contribution >= 0.6 is 0 Å². The summed E-state index contributed by atoms with van der Waals surface area (Å²) in [5, 5.41) is 9.07. The Kier molecular flexibility index (Phi) is 6.81. The molecule has 1 heterocycles. The first-order chi connectivity index (χ1) is 14.9. The molecule has 3 atom stereocenters. The minimum atomic E-state index is -0.871. The number of amides is 1. The van der Waals surface area contributed by atoms with E-state index >= 15 is 0 Å². The summed E-state index contributed by atoms with van der Waals surface area (Å²) < 4.78 is 16.1. The van der Waals surface area contributed by atoms with Gasteiger partial charge in [0.15, 0.2) is 17.6 Å². The highest BCUT2D eigenvalue weighted by molar-refractivity contribution is 5.97. The highest BCUT2D eigenvalue weighted by Crippen LogP contribution is 2.43. The Balaban J connectivity index is 2.11. The Labute approximate surface area is 182 Å². The topological polar surface area (TPSA) is 88.9 Å². The van der Waals surface area contributed by atoms with E-state index in [0.717, 1.165) is 11.1 Å². The SMILES string of the molecule is COc1ccc([C@H]2[C@@H](C(=O)O[C@@H](C)C#N)CCC(=O)N2c2ccc(C)cc2)cc1OC. The minimum absolute atomic E-state index is 0.0824. The van der Waals surface area contributed by atoms with Crippen LogP contribution in [-0.4, -0.2) is 32.2 Å². The van der Waals surface area contributed by atoms with Crippen molar-refractivity contribution in [1.29, 1.82) is 5.26 Å². The van der Waals surface area contributed by atoms with Gasteiger partial charge in [-0.05, 0) is 50.1 Å². The molecule has 0 spiro atoms. The van der Waals surface area contributed by atoms with Gasteiger partial charge in [-0.15, -0.1) is 0 Å². The first-order valence-electron chi connectivity index (χ1n) is 10.1. The molecule has 3 rings (SSSR count). The van der Waals surface area contributed by atoms with Crippen molar-refractivity contribution < 1.29 is 23.8 Å². The van der Waals surface area contributed by atoms with Gasteiger partial charge < -0.3 is 19.1 Å². The molecule has 0 unspecified atom stereocenters. The van der Waals surface area contributed by atoms with E-state index in [4.69, 9.17) is 19.5 Å². The highest BCUT2D eigenvalue weighted by atomic mass is 16.5. The van der Waals surface area contributed by atoms with Gasteiger partial charge in [0.05, 0.1) is 26.2 Å². The van der Waals surface area contributed by atoms with E-state index in [0.29, 0.717) is 23.6 Å². The minimum Gasteiger partial charge on any atom is -0.493 e. The summed E-state index contributed by atoms with van der Waals surface area (Å²) in [7, 11) is 3.08. The number of piperidine rings is 1. The molecule has 0 aliphatic carbocycles. The largest absolute Gasteiger partial charge is 0.493 e. The summed E-state index contributed by atoms with van der Waals surface area (Å²) in [6, 6.07) is 14.2. The van der Waals surface area contributed by atoms with Crippen LogP contribution in [0.4, 0.5) is 5.69 Å². The number of aryl methyl sites for hydroxylation is 1. The summed E-state index contributed by atoms with van der Waals surface area (Å²) in [4.78, 5) is 27.7. The molecule has 7 nitrogen and oxygen atoms in total. The Morgan fingerprint density at radius 2 is 1.81 bits per heavy atom. The summed E-state index contributed by atoms with van der Waals surface area (Å²) in [5.74, 6) is -0.167. The van der Waals surface area contributed by atoms with Gasteiger partial charge in [0.1, 0.15) is 6.07 Å². The Morgan fingerprint density at radius 3 is 2.42 bits per heavy atom. The number of hydrogen-bond donors (Lipinski definition) is 0. The third kappa shape index (κ3) is 4.64. The highest BCUT2D eigenvalue weighted by Gasteiger charge is 2.43. The number of methoxy groups -OCH3 is 2. The first kappa shape index (κ1) is 22.2. The lowest BCUT2D eigenvalue weighted by Gasteiger charge is -2.40. The molecule has 1 saturated heterocycles. The van der Waals surface area contributed by atoms with Gasteiger partial charge in [0.25, 0.3) is 0 Å². The number of rotatable bonds is 6. The molecule has 0 bridgehead atoms. The number of ether oxygens (including phenoxy) is 3. The lowest BCUT2D eigenvalue weighted by Crippen LogP contribution is -2.46. The molecule has 2 aromatic rings. The molecule has 1 fully saturated rings. The summed E-state index contributed by atoms with van der Waals surface area (Å²) >= 11 is 0. The van der Waals surface area contributed by atoms with Crippen LogP contribution in [0.2, 0.25) is 0 Å². The van der Waals surface area contributed by atoms with Gasteiger partial charge in [-0.2, -0.15) is 5.26 Å². The molecule has 1 aliphatic rings. The summed E-state index contributed by atoms with van der Waals surface area (Å²) in [5.41, 5.74) is 2.48. The van der Waals surface area contributed by atoms with Gasteiger partial charge >= 0.3 is 5.97 Å². The standard InChI is InChI=1S/C24H26N2O5/c1-15-5-8-18(9-6-15)26-22(27)12-10-19(24(28)31-16(2)14-25)23(26)17-7-11-20(29-3)21(13-17)30-4/h5-9,11,13,16,19,23H,10,12H2,1-4H3/t16-,19-,23-/m0/s1. The maximum absolute atomic E-state index is 13.1. The molecule has 1 aliphatic heterocycles. The number of benzene rings is 2. The van der Waals surface area contributed by atoms with E-state index in [1.54, 1.807) is 24.1 Å². The average molecular weight is 422 g/mol. The molecule has 0 saturated carbocycles. The van der Waals surface area contributed by atoms with Gasteiger partial charge in [0, 0.05) is 12.1 Å². The van der Waals surface area contributed by atoms with Crippen molar-refractivity contribution in [3.63, 3.8) is 0 Å². The van der Waals surface area contributed by atoms with E-state index in [9.17, 15) is 9.59 Å². The predicted molar refractivity (Wildman–Crippen MR) is 115 cm³/mol. The third-order valence-corrected chi connectivity index (χ3v) is 5.44. The smallest absolute Gasteiger partial charge is 0.312 e. The number of hydrogen-bond acceptors (Lipinski definition) is 6. The zero-order chi connectivity index (χ0) is 22.5. The van der Waals surface area contributed by atoms with E-state index < -0.39 is 24.0 Å². The number of nitriles is 1. The molecule has 2 aromatic carbocycles. The normalized spacial score (nSPS) is 19.3. The quantitative estimate of drug-likeness (QED) is 0.655. The lowest BCUT2D eigenvalue weighted by molar-refractivity contribution is -0.153. The molecule has 0 radical (unpaired) electrons. The number of carbonyl (C=O) groups is 2. The molecule has 1 amide bonds. The van der Waals surface area contributed by atoms with E-state index in [-0.39, 0.29) is 12.3 Å². The van der Waals surface area contributed by atoms with Crippen molar-refractivity contribution in [3.05, 3.63) is 53.6 Å². The molecule has 7 heteroatoms. The second-order valence-corrected chi connectivity index (χ2v) is 7.51. The van der Waals surface area contributed by atoms with Crippen molar-refractivity contribution in [3.8, 4) is 17.6 Å². The van der Waals surface area contributed by atoms with Crippen molar-refractivity contribution >= 4 is 17.6 Å². The van der Waals surface area contributed by atoms with E-state index in [1.165, 1.54) is 14.0 Å². The predicted octanol–water partition coefficient (Wildman–Crippen LogP) is 3.95. The fourth-order valence-electron chi connectivity index (χ4n) is 3.86. The van der Waals surface area contributed by atoms with Crippen molar-refractivity contribution in [2.45, 2.75) is 38.8 Å². The molecule has 0 N–H and O–H groups in total. The lowest BCUT2D eigenvalue weighted by atomic mass is 9.83. The third-order valence-electron chi connectivity index (χ3n) is 5.44. The molecule has 31 heavy (non-hydrogen) atoms. The van der Waals surface area contributed by atoms with Crippen molar-refractivity contribution in [1.82, 2.24) is 0 Å². The van der Waals surface area contributed by atoms with Crippen LogP contribution < -0.4 is 14.4 Å². The molecular weight excluding hydrogens is 396 g/mol. The summed E-state index contributed by atoms with van der Waals surface area (Å²) in [6.45, 7) is 3.49. The van der Waals surface area contributed by atoms with Gasteiger partial charge in [-0.25, -0.2) is 0 Å². The number of nitrogens with zero attached hydrogens (tertiary/aromatic N) is 2. The van der Waals surface area contributed by atoms with Crippen LogP contribution in [0.3, 0.4) is 0 Å². The zero-order valence-corrected chi connectivity index (χ0v) is 18.1. The fourth-order valence-corrected chi connectivity index (χ4v) is 3.86. The Hall–Kier alpha value is -3.53. The van der Waals surface area contributed by atoms with Crippen LogP contribution in [0, 0.1) is 24.2 Å². The second-order valence-electron chi connectivity index (χ2n) is 7.51. The zero-order valence-electron chi connectivity index (χ0n) is 18.1. The number of anilines is 1. The number of esters is 1. The molecular formula is C24H26N2O5. The second kappa shape index (κ2) is 9.52. The fraction of sp³-hybridized carbons (Fsp3) is 0.375. The maximum atomic E-state index is 13.1. The summed E-state index contributed by atoms with van der Waals surface area (Å²) in [6.07, 6.45) is -0.334. The Morgan fingerprint density at radius 1 is 1.13 bits per heavy atom. The first-order valence-corrected chi connectivity index (χ1v) is 10.1. The average Bonchev–Trinajstić information content (AvgIpc) is 2.78. The van der Waals surface area contributed by atoms with Gasteiger partial charge in [0.2, 0.25) is 5.91 Å². The van der Waals surface area contributed by atoms with Crippen LogP contribution in [0.1, 0.15) is 36.9 Å². The van der Waals surface area contributed by atoms with Gasteiger partial charge in [-0.1, -0.05) is 23.8 Å². The maximum Gasteiger partial charge on any atom is 0.312 e. The van der Waals surface area contributed by atoms with Crippen LogP contribution in [-0.2, 0) is 14.3 Å².